The Morgan fingerprint density at radius 2 is 1.82 bits per heavy atom. The smallest absolute Gasteiger partial charge is 0.161 e. The maximum Gasteiger partial charge on any atom is 0.161 e. The lowest BCUT2D eigenvalue weighted by Gasteiger charge is -2.29. The van der Waals surface area contributed by atoms with Gasteiger partial charge in [-0.2, -0.15) is 0 Å². The zero-order valence-electron chi connectivity index (χ0n) is 14.7. The van der Waals surface area contributed by atoms with Gasteiger partial charge >= 0.3 is 0 Å². The summed E-state index contributed by atoms with van der Waals surface area (Å²) in [6.45, 7) is 9.50. The van der Waals surface area contributed by atoms with Gasteiger partial charge in [0.25, 0.3) is 0 Å². The van der Waals surface area contributed by atoms with Crippen molar-refractivity contribution in [2.45, 2.75) is 39.5 Å². The minimum atomic E-state index is -0.328. The number of ether oxygens (including phenoxy) is 3. The zero-order valence-corrected chi connectivity index (χ0v) is 14.7. The van der Waals surface area contributed by atoms with E-state index in [0.717, 1.165) is 17.7 Å². The third kappa shape index (κ3) is 4.47. The first kappa shape index (κ1) is 18.5. The van der Waals surface area contributed by atoms with Crippen LogP contribution in [0.1, 0.15) is 39.7 Å². The lowest BCUT2D eigenvalue weighted by Crippen LogP contribution is -2.32. The second-order valence-electron chi connectivity index (χ2n) is 6.25. The Bertz CT molecular complexity index is 495. The lowest BCUT2D eigenvalue weighted by molar-refractivity contribution is 0.170. The lowest BCUT2D eigenvalue weighted by atomic mass is 9.76. The van der Waals surface area contributed by atoms with Crippen LogP contribution in [0, 0.1) is 11.3 Å². The number of methoxy groups -OCH3 is 2. The molecule has 1 aromatic carbocycles. The van der Waals surface area contributed by atoms with Crippen molar-refractivity contribution in [3.05, 3.63) is 23.8 Å². The molecule has 4 nitrogen and oxygen atoms in total. The van der Waals surface area contributed by atoms with E-state index in [9.17, 15) is 0 Å². The third-order valence-electron chi connectivity index (χ3n) is 3.89. The Morgan fingerprint density at radius 3 is 2.36 bits per heavy atom. The summed E-state index contributed by atoms with van der Waals surface area (Å²) in [7, 11) is 3.32. The first-order valence-electron chi connectivity index (χ1n) is 7.73. The molecule has 0 aromatic heterocycles. The molecule has 0 fully saturated rings. The summed E-state index contributed by atoms with van der Waals surface area (Å²) in [6.07, 6.45) is 0.828. The van der Waals surface area contributed by atoms with Crippen molar-refractivity contribution in [2.24, 2.45) is 5.92 Å². The van der Waals surface area contributed by atoms with E-state index >= 15 is 0 Å². The monoisotopic (exact) mass is 307 g/mol. The first-order valence-corrected chi connectivity index (χ1v) is 7.73. The van der Waals surface area contributed by atoms with E-state index in [1.807, 2.05) is 18.2 Å². The first-order chi connectivity index (χ1) is 10.3. The predicted octanol–water partition coefficient (Wildman–Crippen LogP) is 4.06. The highest BCUT2D eigenvalue weighted by molar-refractivity contribution is 5.93. The molecule has 0 saturated carbocycles. The van der Waals surface area contributed by atoms with Crippen LogP contribution in [0.3, 0.4) is 0 Å². The number of benzene rings is 1. The van der Waals surface area contributed by atoms with Gasteiger partial charge in [0.2, 0.25) is 0 Å². The summed E-state index contributed by atoms with van der Waals surface area (Å²) in [6, 6.07) is 5.91. The standard InChI is InChI=1S/C18H29NO3/c1-13(2)17(19)18(3,4)14-8-9-15(21-6)16(12-14)22-11-7-10-20-5/h8-9,12-13,19H,7,10-11H2,1-6H3. The molecule has 0 bridgehead atoms. The highest BCUT2D eigenvalue weighted by Crippen LogP contribution is 2.35. The molecule has 1 aromatic rings. The molecular weight excluding hydrogens is 278 g/mol. The Balaban J connectivity index is 3.00. The van der Waals surface area contributed by atoms with Gasteiger partial charge in [0.05, 0.1) is 13.7 Å². The van der Waals surface area contributed by atoms with Crippen molar-refractivity contribution in [1.82, 2.24) is 0 Å². The van der Waals surface area contributed by atoms with Crippen LogP contribution >= 0.6 is 0 Å². The van der Waals surface area contributed by atoms with Crippen LogP contribution in [0.2, 0.25) is 0 Å². The van der Waals surface area contributed by atoms with Crippen LogP contribution in [0.15, 0.2) is 18.2 Å². The number of rotatable bonds is 9. The second kappa shape index (κ2) is 8.18. The molecule has 0 aliphatic carbocycles. The average Bonchev–Trinajstić information content (AvgIpc) is 2.50. The van der Waals surface area contributed by atoms with Gasteiger partial charge in [0.1, 0.15) is 0 Å². The highest BCUT2D eigenvalue weighted by atomic mass is 16.5. The molecule has 0 atom stereocenters. The molecule has 0 heterocycles. The normalized spacial score (nSPS) is 11.6. The van der Waals surface area contributed by atoms with Crippen molar-refractivity contribution in [3.8, 4) is 11.5 Å². The van der Waals surface area contributed by atoms with Gasteiger partial charge in [-0.05, 0) is 23.6 Å². The molecule has 4 heteroatoms. The number of hydrogen-bond acceptors (Lipinski definition) is 4. The largest absolute Gasteiger partial charge is 0.493 e. The van der Waals surface area contributed by atoms with E-state index in [-0.39, 0.29) is 11.3 Å². The van der Waals surface area contributed by atoms with Crippen LogP contribution in [-0.4, -0.2) is 33.1 Å². The maximum atomic E-state index is 8.36. The fourth-order valence-corrected chi connectivity index (χ4v) is 2.44. The molecule has 0 spiro atoms. The van der Waals surface area contributed by atoms with E-state index in [1.165, 1.54) is 0 Å². The number of nitrogens with one attached hydrogen (secondary N) is 1. The van der Waals surface area contributed by atoms with E-state index in [1.54, 1.807) is 14.2 Å². The van der Waals surface area contributed by atoms with E-state index < -0.39 is 0 Å². The van der Waals surface area contributed by atoms with E-state index in [2.05, 4.69) is 27.7 Å². The van der Waals surface area contributed by atoms with Crippen molar-refractivity contribution in [3.63, 3.8) is 0 Å². The van der Waals surface area contributed by atoms with Gasteiger partial charge in [0, 0.05) is 31.3 Å². The molecule has 1 rings (SSSR count). The van der Waals surface area contributed by atoms with Crippen molar-refractivity contribution < 1.29 is 14.2 Å². The van der Waals surface area contributed by atoms with Gasteiger partial charge in [-0.25, -0.2) is 0 Å². The predicted molar refractivity (Wildman–Crippen MR) is 90.6 cm³/mol. The second-order valence-corrected chi connectivity index (χ2v) is 6.25. The quantitative estimate of drug-likeness (QED) is 0.553. The van der Waals surface area contributed by atoms with Crippen LogP contribution in [0.4, 0.5) is 0 Å². The van der Waals surface area contributed by atoms with Crippen LogP contribution in [0.25, 0.3) is 0 Å². The van der Waals surface area contributed by atoms with E-state index in [4.69, 9.17) is 19.6 Å². The molecule has 1 N–H and O–H groups in total. The minimum Gasteiger partial charge on any atom is -0.493 e. The molecule has 0 aliphatic heterocycles. The van der Waals surface area contributed by atoms with Crippen LogP contribution in [-0.2, 0) is 10.2 Å². The van der Waals surface area contributed by atoms with Gasteiger partial charge in [0.15, 0.2) is 11.5 Å². The molecule has 0 saturated heterocycles. The topological polar surface area (TPSA) is 51.5 Å². The van der Waals surface area contributed by atoms with Crippen molar-refractivity contribution >= 4 is 5.71 Å². The van der Waals surface area contributed by atoms with Crippen LogP contribution in [0.5, 0.6) is 11.5 Å². The van der Waals surface area contributed by atoms with Gasteiger partial charge in [-0.15, -0.1) is 0 Å². The van der Waals surface area contributed by atoms with Gasteiger partial charge in [-0.3, -0.25) is 0 Å². The van der Waals surface area contributed by atoms with Gasteiger partial charge < -0.3 is 19.6 Å². The third-order valence-corrected chi connectivity index (χ3v) is 3.89. The van der Waals surface area contributed by atoms with Crippen molar-refractivity contribution in [2.75, 3.05) is 27.4 Å². The Hall–Kier alpha value is -1.55. The Morgan fingerprint density at radius 1 is 1.14 bits per heavy atom. The summed E-state index contributed by atoms with van der Waals surface area (Å²) < 4.78 is 16.2. The summed E-state index contributed by atoms with van der Waals surface area (Å²) >= 11 is 0. The highest BCUT2D eigenvalue weighted by Gasteiger charge is 2.29. The molecule has 0 radical (unpaired) electrons. The zero-order chi connectivity index (χ0) is 16.8. The Labute approximate surface area is 134 Å². The molecular formula is C18H29NO3. The molecule has 124 valence electrons. The summed E-state index contributed by atoms with van der Waals surface area (Å²) in [5, 5.41) is 8.36. The summed E-state index contributed by atoms with van der Waals surface area (Å²) in [5.41, 5.74) is 1.45. The maximum absolute atomic E-state index is 8.36. The molecule has 22 heavy (non-hydrogen) atoms. The Kier molecular flexibility index (Phi) is 6.88. The van der Waals surface area contributed by atoms with Crippen molar-refractivity contribution in [1.29, 1.82) is 5.41 Å². The van der Waals surface area contributed by atoms with E-state index in [0.29, 0.717) is 24.7 Å². The SMILES string of the molecule is COCCCOc1cc(C(C)(C)C(=N)C(C)C)ccc1OC. The molecule has 0 aliphatic rings. The molecule has 0 unspecified atom stereocenters. The number of hydrogen-bond donors (Lipinski definition) is 1. The van der Waals surface area contributed by atoms with Gasteiger partial charge in [-0.1, -0.05) is 33.8 Å². The fraction of sp³-hybridized carbons (Fsp3) is 0.611. The van der Waals surface area contributed by atoms with Crippen LogP contribution < -0.4 is 9.47 Å². The summed E-state index contributed by atoms with van der Waals surface area (Å²) in [4.78, 5) is 0. The molecule has 0 amide bonds. The summed E-state index contributed by atoms with van der Waals surface area (Å²) in [5.74, 6) is 1.65. The fourth-order valence-electron chi connectivity index (χ4n) is 2.44. The average molecular weight is 307 g/mol. The minimum absolute atomic E-state index is 0.211.